The number of carbonyl (C=O) groups is 1. The van der Waals surface area contributed by atoms with E-state index in [0.717, 1.165) is 5.56 Å². The van der Waals surface area contributed by atoms with Crippen molar-refractivity contribution in [2.45, 2.75) is 57.7 Å². The maximum Gasteiger partial charge on any atom is 0.217 e. The summed E-state index contributed by atoms with van der Waals surface area (Å²) in [7, 11) is 0. The van der Waals surface area contributed by atoms with Crippen molar-refractivity contribution in [1.29, 1.82) is 0 Å². The summed E-state index contributed by atoms with van der Waals surface area (Å²) in [6, 6.07) is 24.9. The fraction of sp³-hybridized carbons (Fsp3) is 0.346. The van der Waals surface area contributed by atoms with E-state index < -0.39 is 0 Å². The molecule has 0 radical (unpaired) electrons. The Bertz CT molecular complexity index is 974. The zero-order valence-electron chi connectivity index (χ0n) is 17.3. The molecular formula is C26H30N2O. The second-order valence-electron chi connectivity index (χ2n) is 8.31. The van der Waals surface area contributed by atoms with Crippen molar-refractivity contribution in [2.75, 3.05) is 0 Å². The van der Waals surface area contributed by atoms with Crippen molar-refractivity contribution in [3.8, 4) is 0 Å². The van der Waals surface area contributed by atoms with E-state index in [1.54, 1.807) is 6.92 Å². The Morgan fingerprint density at radius 1 is 1.00 bits per heavy atom. The fourth-order valence-electron chi connectivity index (χ4n) is 4.64. The van der Waals surface area contributed by atoms with E-state index >= 15 is 0 Å². The first-order chi connectivity index (χ1) is 14.1. The lowest BCUT2D eigenvalue weighted by molar-refractivity contribution is -0.119. The highest BCUT2D eigenvalue weighted by Gasteiger charge is 2.27. The molecule has 3 atom stereocenters. The highest BCUT2D eigenvalue weighted by molar-refractivity contribution is 5.86. The van der Waals surface area contributed by atoms with Gasteiger partial charge in [-0.25, -0.2) is 0 Å². The Kier molecular flexibility index (Phi) is 5.96. The van der Waals surface area contributed by atoms with Gasteiger partial charge in [-0.2, -0.15) is 0 Å². The van der Waals surface area contributed by atoms with Crippen molar-refractivity contribution in [3.63, 3.8) is 0 Å². The van der Waals surface area contributed by atoms with Crippen molar-refractivity contribution >= 4 is 16.7 Å². The summed E-state index contributed by atoms with van der Waals surface area (Å²) in [5.41, 5.74) is 3.95. The third-order valence-corrected chi connectivity index (χ3v) is 6.20. The van der Waals surface area contributed by atoms with Gasteiger partial charge in [0, 0.05) is 25.6 Å². The largest absolute Gasteiger partial charge is 0.352 e. The van der Waals surface area contributed by atoms with Gasteiger partial charge < -0.3 is 10.6 Å². The molecule has 2 N–H and O–H groups in total. The number of rotatable bonds is 6. The van der Waals surface area contributed by atoms with Crippen LogP contribution in [0.3, 0.4) is 0 Å². The Morgan fingerprint density at radius 3 is 2.55 bits per heavy atom. The summed E-state index contributed by atoms with van der Waals surface area (Å²) >= 11 is 0. The lowest BCUT2D eigenvalue weighted by atomic mass is 9.96. The lowest BCUT2D eigenvalue weighted by Crippen LogP contribution is -2.29. The maximum atomic E-state index is 11.1. The van der Waals surface area contributed by atoms with Crippen LogP contribution < -0.4 is 10.6 Å². The molecule has 1 amide bonds. The van der Waals surface area contributed by atoms with Crippen LogP contribution in [0, 0.1) is 0 Å². The summed E-state index contributed by atoms with van der Waals surface area (Å²) in [5.74, 6) is 0.626. The molecular weight excluding hydrogens is 356 g/mol. The summed E-state index contributed by atoms with van der Waals surface area (Å²) in [6.45, 7) is 4.44. The molecule has 3 unspecified atom stereocenters. The van der Waals surface area contributed by atoms with E-state index in [9.17, 15) is 4.79 Å². The third-order valence-electron chi connectivity index (χ3n) is 6.20. The molecule has 1 aliphatic rings. The van der Waals surface area contributed by atoms with Crippen LogP contribution in [0.5, 0.6) is 0 Å². The third kappa shape index (κ3) is 4.68. The number of amides is 1. The zero-order valence-corrected chi connectivity index (χ0v) is 17.3. The molecule has 1 fully saturated rings. The number of nitrogens with one attached hydrogen (secondary N) is 2. The molecule has 3 aromatic rings. The number of fused-ring (bicyclic) bond motifs is 1. The van der Waals surface area contributed by atoms with Crippen molar-refractivity contribution in [1.82, 2.24) is 10.6 Å². The summed E-state index contributed by atoms with van der Waals surface area (Å²) in [4.78, 5) is 11.1. The van der Waals surface area contributed by atoms with Crippen molar-refractivity contribution < 1.29 is 4.79 Å². The van der Waals surface area contributed by atoms with Crippen LogP contribution in [0.15, 0.2) is 66.7 Å². The summed E-state index contributed by atoms with van der Waals surface area (Å²) < 4.78 is 0. The molecule has 0 aromatic heterocycles. The van der Waals surface area contributed by atoms with Gasteiger partial charge in [0.25, 0.3) is 0 Å². The van der Waals surface area contributed by atoms with Crippen LogP contribution in [0.2, 0.25) is 0 Å². The van der Waals surface area contributed by atoms with Gasteiger partial charge in [-0.05, 0) is 59.6 Å². The Morgan fingerprint density at radius 2 is 1.76 bits per heavy atom. The molecule has 4 rings (SSSR count). The predicted octanol–water partition coefficient (Wildman–Crippen LogP) is 5.46. The minimum absolute atomic E-state index is 0.0131. The van der Waals surface area contributed by atoms with Gasteiger partial charge in [0.1, 0.15) is 0 Å². The van der Waals surface area contributed by atoms with E-state index in [1.165, 1.54) is 41.2 Å². The molecule has 1 saturated carbocycles. The average molecular weight is 387 g/mol. The predicted molar refractivity (Wildman–Crippen MR) is 120 cm³/mol. The van der Waals surface area contributed by atoms with Crippen LogP contribution in [0.4, 0.5) is 0 Å². The number of hydrogen-bond donors (Lipinski definition) is 2. The first-order valence-electron chi connectivity index (χ1n) is 10.7. The molecule has 1 aliphatic carbocycles. The fourth-order valence-corrected chi connectivity index (χ4v) is 4.64. The van der Waals surface area contributed by atoms with Crippen LogP contribution in [-0.4, -0.2) is 11.9 Å². The Hall–Kier alpha value is -2.65. The van der Waals surface area contributed by atoms with Gasteiger partial charge >= 0.3 is 0 Å². The van der Waals surface area contributed by atoms with Crippen LogP contribution in [0.25, 0.3) is 10.8 Å². The van der Waals surface area contributed by atoms with E-state index in [4.69, 9.17) is 0 Å². The highest BCUT2D eigenvalue weighted by atomic mass is 16.1. The first-order valence-corrected chi connectivity index (χ1v) is 10.7. The van der Waals surface area contributed by atoms with Gasteiger partial charge in [-0.3, -0.25) is 4.79 Å². The number of benzene rings is 3. The Labute approximate surface area is 173 Å². The second-order valence-corrected chi connectivity index (χ2v) is 8.31. The van der Waals surface area contributed by atoms with Crippen LogP contribution in [-0.2, 0) is 11.3 Å². The minimum Gasteiger partial charge on any atom is -0.352 e. The Balaban J connectivity index is 1.38. The van der Waals surface area contributed by atoms with E-state index in [0.29, 0.717) is 24.5 Å². The highest BCUT2D eigenvalue weighted by Crippen LogP contribution is 2.36. The van der Waals surface area contributed by atoms with Crippen molar-refractivity contribution in [2.24, 2.45) is 0 Å². The number of hydrogen-bond acceptors (Lipinski definition) is 2. The van der Waals surface area contributed by atoms with Gasteiger partial charge in [-0.15, -0.1) is 0 Å². The van der Waals surface area contributed by atoms with Crippen LogP contribution >= 0.6 is 0 Å². The van der Waals surface area contributed by atoms with E-state index in [-0.39, 0.29) is 5.91 Å². The second kappa shape index (κ2) is 8.79. The molecule has 0 saturated heterocycles. The first kappa shape index (κ1) is 19.7. The zero-order chi connectivity index (χ0) is 20.2. The summed E-state index contributed by atoms with van der Waals surface area (Å²) in [5, 5.41) is 9.40. The molecule has 0 aliphatic heterocycles. The van der Waals surface area contributed by atoms with E-state index in [2.05, 4.69) is 84.3 Å². The smallest absolute Gasteiger partial charge is 0.217 e. The molecule has 29 heavy (non-hydrogen) atoms. The lowest BCUT2D eigenvalue weighted by Gasteiger charge is -2.21. The van der Waals surface area contributed by atoms with E-state index in [1.807, 2.05) is 0 Å². The number of carbonyl (C=O) groups excluding carboxylic acids is 1. The van der Waals surface area contributed by atoms with Gasteiger partial charge in [0.2, 0.25) is 5.91 Å². The molecule has 150 valence electrons. The van der Waals surface area contributed by atoms with Crippen molar-refractivity contribution in [3.05, 3.63) is 83.4 Å². The van der Waals surface area contributed by atoms with Gasteiger partial charge in [0.05, 0.1) is 0 Å². The maximum absolute atomic E-state index is 11.1. The molecule has 3 nitrogen and oxygen atoms in total. The normalized spacial score (nSPS) is 19.9. The monoisotopic (exact) mass is 386 g/mol. The molecule has 3 aromatic carbocycles. The topological polar surface area (TPSA) is 41.1 Å². The molecule has 0 heterocycles. The standard InChI is InChI=1S/C26H30N2O/c1-18(25-9-5-7-22-6-3-4-8-26(22)25)28-24-15-14-23(16-24)21-12-10-20(11-13-21)17-27-19(2)29/h3-13,18,23-24,28H,14-17H2,1-2H3,(H,27,29). The molecule has 0 spiro atoms. The van der Waals surface area contributed by atoms with Gasteiger partial charge in [0.15, 0.2) is 0 Å². The molecule has 3 heteroatoms. The van der Waals surface area contributed by atoms with Gasteiger partial charge in [-0.1, -0.05) is 66.7 Å². The van der Waals surface area contributed by atoms with Crippen LogP contribution in [0.1, 0.15) is 61.8 Å². The SMILES string of the molecule is CC(=O)NCc1ccc(C2CCC(NC(C)c3cccc4ccccc34)C2)cc1. The average Bonchev–Trinajstić information content (AvgIpc) is 3.20. The minimum atomic E-state index is 0.0131. The molecule has 0 bridgehead atoms. The summed E-state index contributed by atoms with van der Waals surface area (Å²) in [6.07, 6.45) is 3.62. The quantitative estimate of drug-likeness (QED) is 0.590.